The fourth-order valence-corrected chi connectivity index (χ4v) is 7.34. The Kier molecular flexibility index (Phi) is 7.32. The third-order valence-electron chi connectivity index (χ3n) is 7.15. The highest BCUT2D eigenvalue weighted by Crippen LogP contribution is 2.51. The van der Waals surface area contributed by atoms with Crippen LogP contribution in [0.4, 0.5) is 11.6 Å². The molecule has 4 aromatic heterocycles. The molecule has 43 heavy (non-hydrogen) atoms. The monoisotopic (exact) mass is 657 g/mol. The van der Waals surface area contributed by atoms with Crippen LogP contribution in [0.25, 0.3) is 22.3 Å². The van der Waals surface area contributed by atoms with Crippen LogP contribution in [0.1, 0.15) is 12.5 Å². The van der Waals surface area contributed by atoms with E-state index in [1.165, 1.54) is 34.4 Å². The molecule has 2 bridgehead atoms. The van der Waals surface area contributed by atoms with Gasteiger partial charge < -0.3 is 40.6 Å². The number of hydrogen-bond acceptors (Lipinski definition) is 18. The van der Waals surface area contributed by atoms with Gasteiger partial charge in [-0.1, -0.05) is 0 Å². The number of aliphatic hydroxyl groups is 2. The van der Waals surface area contributed by atoms with E-state index in [1.807, 2.05) is 0 Å². The van der Waals surface area contributed by atoms with E-state index in [1.54, 1.807) is 0 Å². The largest absolute Gasteiger partial charge is 0.698 e. The molecule has 3 aliphatic heterocycles. The minimum absolute atomic E-state index is 0.112. The normalized spacial score (nSPS) is 36.3. The summed E-state index contributed by atoms with van der Waals surface area (Å²) in [5.41, 5.74) is 12.8. The maximum Gasteiger partial charge on any atom is 0.698 e. The average molecular weight is 657 g/mol. The number of nitrogens with two attached hydrogens (primary N) is 2. The van der Waals surface area contributed by atoms with Crippen molar-refractivity contribution < 1.29 is 47.2 Å². The lowest BCUT2D eigenvalue weighted by atomic mass is 10.1. The fraction of sp³-hybridized carbons (Fsp3) is 0.500. The van der Waals surface area contributed by atoms with Crippen molar-refractivity contribution in [2.75, 3.05) is 24.7 Å². The van der Waals surface area contributed by atoms with E-state index in [2.05, 4.69) is 29.9 Å². The Morgan fingerprint density at radius 2 is 1.47 bits per heavy atom. The van der Waals surface area contributed by atoms with E-state index in [4.69, 9.17) is 50.8 Å². The third-order valence-corrected chi connectivity index (χ3v) is 9.49. The Labute approximate surface area is 246 Å². The topological polar surface area (TPSA) is 272 Å². The highest BCUT2D eigenvalue weighted by Gasteiger charge is 2.54. The first-order valence-electron chi connectivity index (χ1n) is 12.6. The highest BCUT2D eigenvalue weighted by atomic mass is 32.5. The Balaban J connectivity index is 1.18. The van der Waals surface area contributed by atoms with Gasteiger partial charge >= 0.3 is 15.0 Å². The summed E-state index contributed by atoms with van der Waals surface area (Å²) in [7, 11) is -2.92. The zero-order valence-electron chi connectivity index (χ0n) is 21.6. The van der Waals surface area contributed by atoms with Crippen molar-refractivity contribution in [2.24, 2.45) is 0 Å². The Hall–Kier alpha value is -2.91. The highest BCUT2D eigenvalue weighted by molar-refractivity contribution is 8.07. The second-order valence-corrected chi connectivity index (χ2v) is 13.4. The van der Waals surface area contributed by atoms with Crippen molar-refractivity contribution in [2.45, 2.75) is 49.1 Å². The number of nitrogen functional groups attached to an aromatic ring is 2. The van der Waals surface area contributed by atoms with Crippen molar-refractivity contribution in [3.8, 4) is 0 Å². The summed E-state index contributed by atoms with van der Waals surface area (Å²) >= 11 is 5.22. The molecule has 7 heterocycles. The fourth-order valence-electron chi connectivity index (χ4n) is 5.14. The number of anilines is 2. The van der Waals surface area contributed by atoms with E-state index in [9.17, 15) is 19.7 Å². The second-order valence-electron chi connectivity index (χ2n) is 9.70. The first-order chi connectivity index (χ1) is 20.6. The lowest BCUT2D eigenvalue weighted by molar-refractivity contribution is -0.0583. The Morgan fingerprint density at radius 1 is 0.860 bits per heavy atom. The number of fused-ring (bicyclic) bond motifs is 5. The van der Waals surface area contributed by atoms with E-state index in [0.717, 1.165) is 0 Å². The number of hydrogen-bond donors (Lipinski definition) is 5. The van der Waals surface area contributed by atoms with Crippen molar-refractivity contribution in [3.63, 3.8) is 0 Å². The van der Waals surface area contributed by atoms with Crippen molar-refractivity contribution >= 4 is 60.7 Å². The van der Waals surface area contributed by atoms with E-state index in [0.29, 0.717) is 0 Å². The van der Waals surface area contributed by atoms with Crippen molar-refractivity contribution in [1.82, 2.24) is 39.0 Å². The smallest absolute Gasteiger partial charge is 0.387 e. The van der Waals surface area contributed by atoms with Crippen LogP contribution in [0.3, 0.4) is 0 Å². The third kappa shape index (κ3) is 5.06. The predicted molar refractivity (Wildman–Crippen MR) is 145 cm³/mol. The van der Waals surface area contributed by atoms with Gasteiger partial charge in [-0.15, -0.1) is 9.05 Å². The number of nitrogens with zero attached hydrogens (tertiary/aromatic N) is 8. The number of ether oxygens (including phenoxy) is 2. The van der Waals surface area contributed by atoms with Gasteiger partial charge in [-0.25, -0.2) is 29.9 Å². The first kappa shape index (κ1) is 28.8. The van der Waals surface area contributed by atoms with Gasteiger partial charge in [0.25, 0.3) is 0 Å². The molecule has 0 amide bonds. The standard InChI is InChI=1S/C20H22N10O10P2S/c21-15-9-17(25-3-23-15)29(5-27-9)19-12(32)13-8(38-19)1-35-41(33)39-14-11(31)7(2-36-42(34,43)40-13)37-20(14)30-6-28-10-16(22)24-4-26-18(10)30/h3-8,11-14,19-20,31-32H,1-2H2,(H4-,21,22,23,24,25,26,34,43)/p+1. The zero-order chi connectivity index (χ0) is 30.0. The molecule has 10 unspecified atom stereocenters. The average Bonchev–Trinajstić information content (AvgIpc) is 3.73. The van der Waals surface area contributed by atoms with E-state index < -0.39 is 77.3 Å². The van der Waals surface area contributed by atoms with Crippen molar-refractivity contribution in [3.05, 3.63) is 25.3 Å². The molecule has 0 spiro atoms. The molecule has 10 atom stereocenters. The van der Waals surface area contributed by atoms with Crippen LogP contribution in [-0.2, 0) is 43.9 Å². The summed E-state index contributed by atoms with van der Waals surface area (Å²) in [6.07, 6.45) is -4.94. The van der Waals surface area contributed by atoms with Crippen LogP contribution in [0.5, 0.6) is 0 Å². The lowest BCUT2D eigenvalue weighted by Crippen LogP contribution is -2.36. The molecule has 228 valence electrons. The number of rotatable bonds is 2. The molecule has 3 fully saturated rings. The molecular formula is C20H23N10O10P2S+. The second kappa shape index (κ2) is 10.9. The van der Waals surface area contributed by atoms with Gasteiger partial charge in [-0.05, 0) is 11.8 Å². The minimum Gasteiger partial charge on any atom is -0.387 e. The molecule has 0 aliphatic carbocycles. The van der Waals surface area contributed by atoms with Gasteiger partial charge in [-0.3, -0.25) is 13.7 Å². The van der Waals surface area contributed by atoms with Crippen LogP contribution < -0.4 is 11.5 Å². The molecule has 7 rings (SSSR count). The molecule has 3 aliphatic rings. The van der Waals surface area contributed by atoms with Crippen molar-refractivity contribution in [1.29, 1.82) is 0 Å². The number of imidazole rings is 2. The van der Waals surface area contributed by atoms with Gasteiger partial charge in [0.2, 0.25) is 0 Å². The summed E-state index contributed by atoms with van der Waals surface area (Å²) < 4.78 is 50.1. The summed E-state index contributed by atoms with van der Waals surface area (Å²) in [6.45, 7) is -5.03. The van der Waals surface area contributed by atoms with Crippen LogP contribution in [0.2, 0.25) is 0 Å². The van der Waals surface area contributed by atoms with Gasteiger partial charge in [0.05, 0.1) is 19.3 Å². The molecule has 0 aromatic carbocycles. The molecule has 20 nitrogen and oxygen atoms in total. The Bertz CT molecular complexity index is 1760. The molecule has 0 radical (unpaired) electrons. The van der Waals surface area contributed by atoms with Gasteiger partial charge in [0.1, 0.15) is 60.8 Å². The quantitative estimate of drug-likeness (QED) is 0.162. The first-order valence-corrected chi connectivity index (χ1v) is 16.3. The number of aromatic nitrogens is 8. The summed E-state index contributed by atoms with van der Waals surface area (Å²) in [5, 5.41) is 22.3. The molecule has 23 heteroatoms. The molecule has 7 N–H and O–H groups in total. The molecule has 0 saturated carbocycles. The SMILES string of the molecule is Nc1ncnc2c1ncn2C1OC2CO[P+](=O)OC3C(O)C(COP(O)(=S)OC2C1O)OC3n1cnc2c(N)ncnc21. The predicted octanol–water partition coefficient (Wildman–Crippen LogP) is -0.961. The summed E-state index contributed by atoms with van der Waals surface area (Å²) in [4.78, 5) is 35.4. The van der Waals surface area contributed by atoms with Gasteiger partial charge in [-0.2, -0.15) is 0 Å². The van der Waals surface area contributed by atoms with E-state index in [-0.39, 0.29) is 34.0 Å². The lowest BCUT2D eigenvalue weighted by Gasteiger charge is -2.25. The van der Waals surface area contributed by atoms with Gasteiger partial charge in [0.15, 0.2) is 41.5 Å². The maximum absolute atomic E-state index is 13.0. The van der Waals surface area contributed by atoms with Crippen LogP contribution in [0.15, 0.2) is 25.3 Å². The van der Waals surface area contributed by atoms with Crippen LogP contribution in [0, 0.1) is 0 Å². The Morgan fingerprint density at radius 3 is 2.12 bits per heavy atom. The minimum atomic E-state index is -4.11. The van der Waals surface area contributed by atoms with Crippen LogP contribution in [-0.4, -0.2) is 104 Å². The maximum atomic E-state index is 13.0. The van der Waals surface area contributed by atoms with E-state index >= 15 is 0 Å². The van der Waals surface area contributed by atoms with Crippen LogP contribution >= 0.6 is 15.0 Å². The summed E-state index contributed by atoms with van der Waals surface area (Å²) in [6, 6.07) is 0. The molecule has 4 aromatic rings. The number of aliphatic hydroxyl groups excluding tert-OH is 2. The molecular weight excluding hydrogens is 634 g/mol. The zero-order valence-corrected chi connectivity index (χ0v) is 24.2. The van der Waals surface area contributed by atoms with Gasteiger partial charge in [0, 0.05) is 4.57 Å². The summed E-state index contributed by atoms with van der Waals surface area (Å²) in [5.74, 6) is 0.226. The molecule has 3 saturated heterocycles.